The monoisotopic (exact) mass is 282 g/mol. The molecule has 0 bridgehead atoms. The van der Waals surface area contributed by atoms with E-state index in [4.69, 9.17) is 0 Å². The third kappa shape index (κ3) is 4.15. The van der Waals surface area contributed by atoms with E-state index in [1.807, 2.05) is 12.4 Å². The van der Waals surface area contributed by atoms with E-state index in [1.54, 1.807) is 0 Å². The van der Waals surface area contributed by atoms with E-state index < -0.39 is 0 Å². The van der Waals surface area contributed by atoms with Crippen molar-refractivity contribution in [2.24, 2.45) is 0 Å². The predicted molar refractivity (Wildman–Crippen MR) is 89.4 cm³/mol. The Bertz CT molecular complexity index is 579. The summed E-state index contributed by atoms with van der Waals surface area (Å²) >= 11 is 0. The first-order valence-corrected chi connectivity index (χ1v) is 7.61. The lowest BCUT2D eigenvalue weighted by molar-refractivity contribution is 0.568. The van der Waals surface area contributed by atoms with Gasteiger partial charge in [0.25, 0.3) is 0 Å². The van der Waals surface area contributed by atoms with Crippen LogP contribution in [0.3, 0.4) is 0 Å². The van der Waals surface area contributed by atoms with Gasteiger partial charge < -0.3 is 5.32 Å². The molecule has 112 valence electrons. The molecule has 21 heavy (non-hydrogen) atoms. The van der Waals surface area contributed by atoms with Gasteiger partial charge in [0.2, 0.25) is 0 Å². The third-order valence-corrected chi connectivity index (χ3v) is 4.01. The molecular formula is C19H26N2. The largest absolute Gasteiger partial charge is 0.306 e. The highest BCUT2D eigenvalue weighted by Crippen LogP contribution is 2.24. The number of hydrogen-bond acceptors (Lipinski definition) is 2. The highest BCUT2D eigenvalue weighted by Gasteiger charge is 2.14. The fraction of sp³-hybridized carbons (Fsp3) is 0.421. The van der Waals surface area contributed by atoms with E-state index >= 15 is 0 Å². The molecule has 0 saturated heterocycles. The molecule has 2 aromatic rings. The molecule has 1 N–H and O–H groups in total. The van der Waals surface area contributed by atoms with Gasteiger partial charge in [-0.2, -0.15) is 0 Å². The zero-order chi connectivity index (χ0) is 15.5. The standard InChI is InChI=1S/C19H26N2/c1-14-12-20-11-10-17(14)13-21-15(2)16-6-8-18(9-7-16)19(3,4)5/h6-12,15,21H,13H2,1-5H3. The van der Waals surface area contributed by atoms with Gasteiger partial charge in [0, 0.05) is 25.0 Å². The van der Waals surface area contributed by atoms with E-state index in [2.05, 4.69) is 75.3 Å². The van der Waals surface area contributed by atoms with Crippen LogP contribution in [0.1, 0.15) is 56.0 Å². The molecule has 1 aromatic carbocycles. The number of aromatic nitrogens is 1. The molecular weight excluding hydrogens is 256 g/mol. The number of aryl methyl sites for hydroxylation is 1. The summed E-state index contributed by atoms with van der Waals surface area (Å²) in [5, 5.41) is 3.59. The first kappa shape index (κ1) is 15.7. The number of rotatable bonds is 4. The Morgan fingerprint density at radius 2 is 1.76 bits per heavy atom. The molecule has 1 atom stereocenters. The molecule has 0 radical (unpaired) electrons. The third-order valence-electron chi connectivity index (χ3n) is 4.01. The molecule has 0 aliphatic carbocycles. The van der Waals surface area contributed by atoms with Crippen molar-refractivity contribution in [1.82, 2.24) is 10.3 Å². The summed E-state index contributed by atoms with van der Waals surface area (Å²) in [6.45, 7) is 11.9. The summed E-state index contributed by atoms with van der Waals surface area (Å²) in [6.07, 6.45) is 3.77. The van der Waals surface area contributed by atoms with Crippen LogP contribution < -0.4 is 5.32 Å². The maximum absolute atomic E-state index is 4.14. The molecule has 0 aliphatic rings. The fourth-order valence-electron chi connectivity index (χ4n) is 2.35. The average Bonchev–Trinajstić information content (AvgIpc) is 2.45. The van der Waals surface area contributed by atoms with Crippen LogP contribution in [0.4, 0.5) is 0 Å². The van der Waals surface area contributed by atoms with Gasteiger partial charge in [0.15, 0.2) is 0 Å². The second-order valence-electron chi connectivity index (χ2n) is 6.78. The van der Waals surface area contributed by atoms with Gasteiger partial charge in [0.05, 0.1) is 0 Å². The minimum atomic E-state index is 0.212. The number of pyridine rings is 1. The minimum Gasteiger partial charge on any atom is -0.306 e. The van der Waals surface area contributed by atoms with E-state index in [0.717, 1.165) is 6.54 Å². The van der Waals surface area contributed by atoms with Gasteiger partial charge in [-0.25, -0.2) is 0 Å². The topological polar surface area (TPSA) is 24.9 Å². The van der Waals surface area contributed by atoms with Crippen molar-refractivity contribution in [3.05, 3.63) is 65.0 Å². The van der Waals surface area contributed by atoms with Gasteiger partial charge in [-0.1, -0.05) is 45.0 Å². The lowest BCUT2D eigenvalue weighted by Gasteiger charge is -2.21. The van der Waals surface area contributed by atoms with Gasteiger partial charge in [-0.15, -0.1) is 0 Å². The van der Waals surface area contributed by atoms with E-state index in [-0.39, 0.29) is 5.41 Å². The second kappa shape index (κ2) is 6.40. The summed E-state index contributed by atoms with van der Waals surface area (Å²) in [5.74, 6) is 0. The lowest BCUT2D eigenvalue weighted by Crippen LogP contribution is -2.19. The summed E-state index contributed by atoms with van der Waals surface area (Å²) in [6, 6.07) is 11.4. The first-order valence-electron chi connectivity index (χ1n) is 7.61. The molecule has 0 fully saturated rings. The average molecular weight is 282 g/mol. The van der Waals surface area contributed by atoms with Crippen LogP contribution in [-0.2, 0) is 12.0 Å². The number of nitrogens with zero attached hydrogens (tertiary/aromatic N) is 1. The van der Waals surface area contributed by atoms with Crippen molar-refractivity contribution in [3.63, 3.8) is 0 Å². The Labute approximate surface area is 128 Å². The molecule has 0 saturated carbocycles. The van der Waals surface area contributed by atoms with Crippen molar-refractivity contribution in [2.75, 3.05) is 0 Å². The van der Waals surface area contributed by atoms with Crippen molar-refractivity contribution in [2.45, 2.75) is 52.6 Å². The maximum Gasteiger partial charge on any atom is 0.0300 e. The molecule has 2 rings (SSSR count). The molecule has 1 unspecified atom stereocenters. The Morgan fingerprint density at radius 3 is 2.33 bits per heavy atom. The van der Waals surface area contributed by atoms with Crippen molar-refractivity contribution < 1.29 is 0 Å². The highest BCUT2D eigenvalue weighted by atomic mass is 14.9. The summed E-state index contributed by atoms with van der Waals surface area (Å²) in [4.78, 5) is 4.14. The quantitative estimate of drug-likeness (QED) is 0.890. The molecule has 0 aliphatic heterocycles. The zero-order valence-electron chi connectivity index (χ0n) is 13.8. The van der Waals surface area contributed by atoms with Crippen molar-refractivity contribution in [3.8, 4) is 0 Å². The summed E-state index contributed by atoms with van der Waals surface area (Å²) in [7, 11) is 0. The minimum absolute atomic E-state index is 0.212. The number of hydrogen-bond donors (Lipinski definition) is 1. The first-order chi connectivity index (χ1) is 9.88. The molecule has 2 heteroatoms. The van der Waals surface area contributed by atoms with Crippen LogP contribution in [-0.4, -0.2) is 4.98 Å². The van der Waals surface area contributed by atoms with E-state index in [9.17, 15) is 0 Å². The van der Waals surface area contributed by atoms with Gasteiger partial charge in [0.1, 0.15) is 0 Å². The highest BCUT2D eigenvalue weighted by molar-refractivity contribution is 5.29. The predicted octanol–water partition coefficient (Wildman–Crippen LogP) is 4.54. The Morgan fingerprint density at radius 1 is 1.10 bits per heavy atom. The van der Waals surface area contributed by atoms with Gasteiger partial charge in [-0.05, 0) is 47.6 Å². The fourth-order valence-corrected chi connectivity index (χ4v) is 2.35. The second-order valence-corrected chi connectivity index (χ2v) is 6.78. The van der Waals surface area contributed by atoms with Crippen molar-refractivity contribution >= 4 is 0 Å². The molecule has 2 nitrogen and oxygen atoms in total. The normalized spacial score (nSPS) is 13.2. The molecule has 1 aromatic heterocycles. The zero-order valence-corrected chi connectivity index (χ0v) is 13.8. The summed E-state index contributed by atoms with van der Waals surface area (Å²) in [5.41, 5.74) is 5.46. The lowest BCUT2D eigenvalue weighted by atomic mass is 9.86. The Balaban J connectivity index is 2.01. The maximum atomic E-state index is 4.14. The van der Waals surface area contributed by atoms with Crippen LogP contribution in [0.2, 0.25) is 0 Å². The van der Waals surface area contributed by atoms with Crippen LogP contribution >= 0.6 is 0 Å². The Hall–Kier alpha value is -1.67. The molecule has 0 spiro atoms. The van der Waals surface area contributed by atoms with Crippen LogP contribution in [0, 0.1) is 6.92 Å². The van der Waals surface area contributed by atoms with Crippen molar-refractivity contribution in [1.29, 1.82) is 0 Å². The van der Waals surface area contributed by atoms with Gasteiger partial charge in [-0.3, -0.25) is 4.98 Å². The SMILES string of the molecule is Cc1cnccc1CNC(C)c1ccc(C(C)(C)C)cc1. The van der Waals surface area contributed by atoms with E-state index in [1.165, 1.54) is 22.3 Å². The Kier molecular flexibility index (Phi) is 4.79. The van der Waals surface area contributed by atoms with E-state index in [0.29, 0.717) is 6.04 Å². The number of benzene rings is 1. The van der Waals surface area contributed by atoms with Crippen LogP contribution in [0.15, 0.2) is 42.7 Å². The number of nitrogens with one attached hydrogen (secondary N) is 1. The molecule has 1 heterocycles. The van der Waals surface area contributed by atoms with Crippen LogP contribution in [0.25, 0.3) is 0 Å². The summed E-state index contributed by atoms with van der Waals surface area (Å²) < 4.78 is 0. The smallest absolute Gasteiger partial charge is 0.0300 e. The van der Waals surface area contributed by atoms with Gasteiger partial charge >= 0.3 is 0 Å². The van der Waals surface area contributed by atoms with Crippen LogP contribution in [0.5, 0.6) is 0 Å². The molecule has 0 amide bonds.